The standard InChI is InChI=1S/C17H20N2OS/c1-2-19(11-10-16(18)21)17(20)12-14-8-5-7-13-6-3-4-9-15(13)14/h3-9H,2,10-12H2,1H3,(H2,18,21). The van der Waals surface area contributed by atoms with Crippen LogP contribution in [-0.4, -0.2) is 28.9 Å². The molecule has 2 N–H and O–H groups in total. The molecule has 21 heavy (non-hydrogen) atoms. The SMILES string of the molecule is CCN(CCC(N)=S)C(=O)Cc1cccc2ccccc12. The van der Waals surface area contributed by atoms with E-state index in [0.29, 0.717) is 30.9 Å². The van der Waals surface area contributed by atoms with Crippen LogP contribution in [0.5, 0.6) is 0 Å². The maximum atomic E-state index is 12.4. The van der Waals surface area contributed by atoms with Gasteiger partial charge >= 0.3 is 0 Å². The van der Waals surface area contributed by atoms with Crippen LogP contribution in [-0.2, 0) is 11.2 Å². The van der Waals surface area contributed by atoms with Crippen LogP contribution in [0.15, 0.2) is 42.5 Å². The Hall–Kier alpha value is -1.94. The predicted octanol–water partition coefficient (Wildman–Crippen LogP) is 2.91. The zero-order valence-electron chi connectivity index (χ0n) is 12.2. The molecule has 2 aromatic rings. The Morgan fingerprint density at radius 1 is 1.19 bits per heavy atom. The highest BCUT2D eigenvalue weighted by Gasteiger charge is 2.13. The molecule has 0 heterocycles. The van der Waals surface area contributed by atoms with Gasteiger partial charge in [0.2, 0.25) is 5.91 Å². The van der Waals surface area contributed by atoms with Crippen molar-refractivity contribution in [2.45, 2.75) is 19.8 Å². The molecule has 0 aromatic heterocycles. The molecule has 4 heteroatoms. The van der Waals surface area contributed by atoms with Crippen molar-refractivity contribution in [3.63, 3.8) is 0 Å². The van der Waals surface area contributed by atoms with E-state index >= 15 is 0 Å². The van der Waals surface area contributed by atoms with Gasteiger partial charge in [0.05, 0.1) is 11.4 Å². The van der Waals surface area contributed by atoms with E-state index in [2.05, 4.69) is 18.2 Å². The van der Waals surface area contributed by atoms with E-state index in [4.69, 9.17) is 18.0 Å². The van der Waals surface area contributed by atoms with Crippen molar-refractivity contribution in [3.05, 3.63) is 48.0 Å². The Bertz CT molecular complexity index is 649. The topological polar surface area (TPSA) is 46.3 Å². The van der Waals surface area contributed by atoms with Crippen molar-refractivity contribution in [2.24, 2.45) is 5.73 Å². The van der Waals surface area contributed by atoms with E-state index in [1.807, 2.05) is 31.2 Å². The minimum absolute atomic E-state index is 0.116. The minimum Gasteiger partial charge on any atom is -0.393 e. The normalized spacial score (nSPS) is 10.5. The third-order valence-electron chi connectivity index (χ3n) is 3.58. The van der Waals surface area contributed by atoms with Crippen LogP contribution in [0.1, 0.15) is 18.9 Å². The highest BCUT2D eigenvalue weighted by Crippen LogP contribution is 2.19. The molecule has 110 valence electrons. The summed E-state index contributed by atoms with van der Waals surface area (Å²) >= 11 is 4.88. The molecule has 0 aliphatic rings. The Balaban J connectivity index is 2.15. The molecule has 0 fully saturated rings. The lowest BCUT2D eigenvalue weighted by Crippen LogP contribution is -2.34. The third-order valence-corrected chi connectivity index (χ3v) is 3.79. The van der Waals surface area contributed by atoms with Gasteiger partial charge in [-0.25, -0.2) is 0 Å². The molecule has 3 nitrogen and oxygen atoms in total. The number of thiocarbonyl (C=S) groups is 1. The second-order valence-electron chi connectivity index (χ2n) is 5.00. The highest BCUT2D eigenvalue weighted by molar-refractivity contribution is 7.80. The summed E-state index contributed by atoms with van der Waals surface area (Å²) in [5, 5.41) is 2.30. The molecule has 0 unspecified atom stereocenters. The van der Waals surface area contributed by atoms with Crippen LogP contribution in [0.4, 0.5) is 0 Å². The van der Waals surface area contributed by atoms with Crippen LogP contribution >= 0.6 is 12.2 Å². The fourth-order valence-corrected chi connectivity index (χ4v) is 2.52. The number of hydrogen-bond acceptors (Lipinski definition) is 2. The van der Waals surface area contributed by atoms with Crippen LogP contribution < -0.4 is 5.73 Å². The Kier molecular flexibility index (Phi) is 5.28. The smallest absolute Gasteiger partial charge is 0.227 e. The number of amides is 1. The number of carbonyl (C=O) groups is 1. The van der Waals surface area contributed by atoms with Gasteiger partial charge in [-0.2, -0.15) is 0 Å². The molecule has 0 saturated heterocycles. The average Bonchev–Trinajstić information content (AvgIpc) is 2.48. The van der Waals surface area contributed by atoms with Gasteiger partial charge in [-0.1, -0.05) is 54.7 Å². The average molecular weight is 300 g/mol. The first kappa shape index (κ1) is 15.4. The van der Waals surface area contributed by atoms with E-state index in [0.717, 1.165) is 16.3 Å². The number of likely N-dealkylation sites (N-methyl/N-ethyl adjacent to an activating group) is 1. The second kappa shape index (κ2) is 7.18. The molecule has 0 spiro atoms. The summed E-state index contributed by atoms with van der Waals surface area (Å²) in [5.41, 5.74) is 6.58. The van der Waals surface area contributed by atoms with Gasteiger partial charge in [-0.3, -0.25) is 4.79 Å². The largest absolute Gasteiger partial charge is 0.393 e. The number of carbonyl (C=O) groups excluding carboxylic acids is 1. The summed E-state index contributed by atoms with van der Waals surface area (Å²) in [6.45, 7) is 3.24. The van der Waals surface area contributed by atoms with Gasteiger partial charge in [0.15, 0.2) is 0 Å². The zero-order chi connectivity index (χ0) is 15.2. The summed E-state index contributed by atoms with van der Waals surface area (Å²) in [6.07, 6.45) is 0.983. The van der Waals surface area contributed by atoms with E-state index in [1.165, 1.54) is 0 Å². The maximum absolute atomic E-state index is 12.4. The van der Waals surface area contributed by atoms with Gasteiger partial charge in [0.25, 0.3) is 0 Å². The van der Waals surface area contributed by atoms with Crippen molar-refractivity contribution >= 4 is 33.9 Å². The molecule has 0 radical (unpaired) electrons. The van der Waals surface area contributed by atoms with E-state index in [1.54, 1.807) is 4.90 Å². The van der Waals surface area contributed by atoms with Crippen LogP contribution in [0, 0.1) is 0 Å². The molecule has 1 amide bonds. The molecule has 0 aliphatic heterocycles. The molecular weight excluding hydrogens is 280 g/mol. The Morgan fingerprint density at radius 2 is 1.90 bits per heavy atom. The van der Waals surface area contributed by atoms with Crippen LogP contribution in [0.25, 0.3) is 10.8 Å². The second-order valence-corrected chi connectivity index (χ2v) is 5.53. The summed E-state index contributed by atoms with van der Waals surface area (Å²) in [6, 6.07) is 14.2. The fraction of sp³-hybridized carbons (Fsp3) is 0.294. The maximum Gasteiger partial charge on any atom is 0.227 e. The number of rotatable bonds is 6. The molecule has 2 rings (SSSR count). The minimum atomic E-state index is 0.116. The van der Waals surface area contributed by atoms with E-state index < -0.39 is 0 Å². The number of nitrogens with two attached hydrogens (primary N) is 1. The van der Waals surface area contributed by atoms with Gasteiger partial charge in [0, 0.05) is 19.5 Å². The van der Waals surface area contributed by atoms with Gasteiger partial charge in [-0.05, 0) is 23.3 Å². The van der Waals surface area contributed by atoms with Gasteiger partial charge < -0.3 is 10.6 Å². The lowest BCUT2D eigenvalue weighted by Gasteiger charge is -2.21. The summed E-state index contributed by atoms with van der Waals surface area (Å²) < 4.78 is 0. The molecule has 0 aliphatic carbocycles. The van der Waals surface area contributed by atoms with Crippen LogP contribution in [0.3, 0.4) is 0 Å². The lowest BCUT2D eigenvalue weighted by molar-refractivity contribution is -0.130. The molecule has 0 atom stereocenters. The number of benzene rings is 2. The van der Waals surface area contributed by atoms with Crippen molar-refractivity contribution in [1.82, 2.24) is 4.90 Å². The zero-order valence-corrected chi connectivity index (χ0v) is 13.0. The van der Waals surface area contributed by atoms with Crippen molar-refractivity contribution < 1.29 is 4.79 Å². The first-order valence-corrected chi connectivity index (χ1v) is 7.55. The molecule has 0 saturated carbocycles. The quantitative estimate of drug-likeness (QED) is 0.834. The summed E-state index contributed by atoms with van der Waals surface area (Å²) in [4.78, 5) is 14.7. The molecule has 2 aromatic carbocycles. The summed E-state index contributed by atoms with van der Waals surface area (Å²) in [7, 11) is 0. The molecular formula is C17H20N2OS. The van der Waals surface area contributed by atoms with Crippen molar-refractivity contribution in [2.75, 3.05) is 13.1 Å². The Labute approximate surface area is 130 Å². The van der Waals surface area contributed by atoms with E-state index in [-0.39, 0.29) is 5.91 Å². The number of hydrogen-bond donors (Lipinski definition) is 1. The van der Waals surface area contributed by atoms with Gasteiger partial charge in [0.1, 0.15) is 0 Å². The van der Waals surface area contributed by atoms with E-state index in [9.17, 15) is 4.79 Å². The lowest BCUT2D eigenvalue weighted by atomic mass is 10.0. The van der Waals surface area contributed by atoms with Crippen LogP contribution in [0.2, 0.25) is 0 Å². The first-order valence-electron chi connectivity index (χ1n) is 7.14. The van der Waals surface area contributed by atoms with Crippen molar-refractivity contribution in [3.8, 4) is 0 Å². The molecule has 0 bridgehead atoms. The van der Waals surface area contributed by atoms with Crippen molar-refractivity contribution in [1.29, 1.82) is 0 Å². The predicted molar refractivity (Wildman–Crippen MR) is 91.3 cm³/mol. The third kappa shape index (κ3) is 4.02. The summed E-state index contributed by atoms with van der Waals surface area (Å²) in [5.74, 6) is 0.116. The first-order chi connectivity index (χ1) is 10.1. The number of nitrogens with zero attached hydrogens (tertiary/aromatic N) is 1. The monoisotopic (exact) mass is 300 g/mol. The Morgan fingerprint density at radius 3 is 2.62 bits per heavy atom. The number of fused-ring (bicyclic) bond motifs is 1. The fourth-order valence-electron chi connectivity index (χ4n) is 2.43. The highest BCUT2D eigenvalue weighted by atomic mass is 32.1. The van der Waals surface area contributed by atoms with Gasteiger partial charge in [-0.15, -0.1) is 0 Å².